The fourth-order valence-corrected chi connectivity index (χ4v) is 7.26. The monoisotopic (exact) mass is 883 g/mol. The van der Waals surface area contributed by atoms with Gasteiger partial charge in [-0.2, -0.15) is 0 Å². The van der Waals surface area contributed by atoms with E-state index >= 15 is 0 Å². The molecule has 6 rings (SSSR count). The Morgan fingerprint density at radius 3 is 1.54 bits per heavy atom. The molecule has 65 heavy (non-hydrogen) atoms. The molecule has 13 heteroatoms. The Morgan fingerprint density at radius 1 is 0.569 bits per heavy atom. The van der Waals surface area contributed by atoms with Crippen LogP contribution in [-0.2, 0) is 80.4 Å². The summed E-state index contributed by atoms with van der Waals surface area (Å²) in [7, 11) is 1.21. The van der Waals surface area contributed by atoms with Crippen molar-refractivity contribution in [3.63, 3.8) is 0 Å². The molecule has 1 fully saturated rings. The van der Waals surface area contributed by atoms with Crippen LogP contribution in [0.4, 0.5) is 0 Å². The maximum absolute atomic E-state index is 13.6. The van der Waals surface area contributed by atoms with Crippen LogP contribution in [0.25, 0.3) is 0 Å². The minimum atomic E-state index is -1.03. The van der Waals surface area contributed by atoms with E-state index in [1.54, 1.807) is 6.08 Å². The number of amides is 3. The molecule has 5 aromatic rings. The normalized spacial score (nSPS) is 18.6. The van der Waals surface area contributed by atoms with E-state index in [1.165, 1.54) is 13.2 Å². The number of rotatable bonds is 24. The molecule has 0 aromatic heterocycles. The predicted octanol–water partition coefficient (Wildman–Crippen LogP) is 5.81. The molecule has 6 atom stereocenters. The van der Waals surface area contributed by atoms with Crippen molar-refractivity contribution in [2.24, 2.45) is 0 Å². The highest BCUT2D eigenvalue weighted by atomic mass is 16.6. The minimum absolute atomic E-state index is 0.159. The molecule has 0 radical (unpaired) electrons. The van der Waals surface area contributed by atoms with Crippen molar-refractivity contribution in [1.29, 1.82) is 0 Å². The number of esters is 1. The maximum Gasteiger partial charge on any atom is 0.325 e. The summed E-state index contributed by atoms with van der Waals surface area (Å²) in [4.78, 5) is 50.9. The van der Waals surface area contributed by atoms with Gasteiger partial charge in [-0.25, -0.2) is 0 Å². The van der Waals surface area contributed by atoms with E-state index in [4.69, 9.17) is 23.7 Å². The summed E-state index contributed by atoms with van der Waals surface area (Å²) in [5, 5.41) is 7.75. The molecule has 3 amide bonds. The predicted molar refractivity (Wildman–Crippen MR) is 244 cm³/mol. The largest absolute Gasteiger partial charge is 0.468 e. The van der Waals surface area contributed by atoms with Crippen molar-refractivity contribution < 1.29 is 47.6 Å². The van der Waals surface area contributed by atoms with Crippen LogP contribution in [0.3, 0.4) is 0 Å². The molecule has 1 saturated heterocycles. The average molecular weight is 884 g/mol. The van der Waals surface area contributed by atoms with Crippen molar-refractivity contribution in [2.45, 2.75) is 75.8 Å². The van der Waals surface area contributed by atoms with Gasteiger partial charge in [0.2, 0.25) is 17.7 Å². The number of hydrogen-bond donors (Lipinski definition) is 3. The summed E-state index contributed by atoms with van der Waals surface area (Å²) in [5.41, 5.74) is 4.73. The van der Waals surface area contributed by atoms with E-state index in [1.807, 2.05) is 152 Å². The first-order valence-electron chi connectivity index (χ1n) is 21.7. The van der Waals surface area contributed by atoms with Gasteiger partial charge in [-0.1, -0.05) is 158 Å². The number of ether oxygens (including phenoxy) is 6. The molecule has 0 aliphatic carbocycles. The Hall–Kier alpha value is -6.48. The van der Waals surface area contributed by atoms with Gasteiger partial charge in [0, 0.05) is 6.42 Å². The van der Waals surface area contributed by atoms with E-state index in [0.29, 0.717) is 13.2 Å². The first-order valence-corrected chi connectivity index (χ1v) is 21.7. The molecular formula is C52H57N3O10. The lowest BCUT2D eigenvalue weighted by molar-refractivity contribution is -0.271. The van der Waals surface area contributed by atoms with E-state index in [-0.39, 0.29) is 39.2 Å². The number of methoxy groups -OCH3 is 1. The zero-order chi connectivity index (χ0) is 45.5. The zero-order valence-electron chi connectivity index (χ0n) is 36.5. The summed E-state index contributed by atoms with van der Waals surface area (Å²) in [6.45, 7) is 0.627. The molecule has 1 heterocycles. The third kappa shape index (κ3) is 16.2. The Bertz CT molecular complexity index is 2220. The van der Waals surface area contributed by atoms with Gasteiger partial charge < -0.3 is 44.4 Å². The summed E-state index contributed by atoms with van der Waals surface area (Å²) in [6, 6.07) is 47.7. The van der Waals surface area contributed by atoms with Gasteiger partial charge in [0.1, 0.15) is 37.0 Å². The highest BCUT2D eigenvalue weighted by Crippen LogP contribution is 2.32. The van der Waals surface area contributed by atoms with Gasteiger partial charge in [0.25, 0.3) is 0 Å². The van der Waals surface area contributed by atoms with Crippen LogP contribution in [0.5, 0.6) is 0 Å². The van der Waals surface area contributed by atoms with Crippen LogP contribution in [-0.4, -0.2) is 87.1 Å². The van der Waals surface area contributed by atoms with Crippen LogP contribution in [0, 0.1) is 0 Å². The van der Waals surface area contributed by atoms with E-state index in [0.717, 1.165) is 27.8 Å². The van der Waals surface area contributed by atoms with E-state index < -0.39 is 66.8 Å². The highest BCUT2D eigenvalue weighted by molar-refractivity contribution is 5.94. The lowest BCUT2D eigenvalue weighted by Gasteiger charge is -2.46. The molecule has 0 spiro atoms. The molecule has 1 aliphatic rings. The van der Waals surface area contributed by atoms with E-state index in [9.17, 15) is 19.2 Å². The number of carbonyl (C=O) groups is 4. The molecule has 3 N–H and O–H groups in total. The summed E-state index contributed by atoms with van der Waals surface area (Å²) in [5.74, 6) is -2.33. The maximum atomic E-state index is 13.6. The smallest absolute Gasteiger partial charge is 0.325 e. The van der Waals surface area contributed by atoms with Crippen LogP contribution in [0.1, 0.15) is 34.2 Å². The summed E-state index contributed by atoms with van der Waals surface area (Å²) < 4.78 is 38.2. The zero-order valence-corrected chi connectivity index (χ0v) is 36.5. The second kappa shape index (κ2) is 26.3. The first kappa shape index (κ1) is 48.0. The van der Waals surface area contributed by atoms with Gasteiger partial charge in [-0.05, 0) is 40.3 Å². The van der Waals surface area contributed by atoms with Gasteiger partial charge >= 0.3 is 5.97 Å². The van der Waals surface area contributed by atoms with Crippen molar-refractivity contribution in [2.75, 3.05) is 26.8 Å². The number of nitrogens with one attached hydrogen (secondary N) is 3. The van der Waals surface area contributed by atoms with Crippen LogP contribution in [0.15, 0.2) is 164 Å². The quantitative estimate of drug-likeness (QED) is 0.0511. The Labute approximate surface area is 380 Å². The minimum Gasteiger partial charge on any atom is -0.468 e. The fraction of sp³-hybridized carbons (Fsp3) is 0.308. The van der Waals surface area contributed by atoms with E-state index in [2.05, 4.69) is 20.7 Å². The van der Waals surface area contributed by atoms with Crippen LogP contribution in [0.2, 0.25) is 0 Å². The number of hydrogen-bond acceptors (Lipinski definition) is 10. The van der Waals surface area contributed by atoms with Gasteiger partial charge in [-0.3, -0.25) is 19.2 Å². The van der Waals surface area contributed by atoms with Crippen molar-refractivity contribution in [3.8, 4) is 0 Å². The second-order valence-electron chi connectivity index (χ2n) is 15.5. The van der Waals surface area contributed by atoms with Gasteiger partial charge in [-0.15, -0.1) is 0 Å². The topological polar surface area (TPSA) is 160 Å². The molecular weight excluding hydrogens is 827 g/mol. The lowest BCUT2D eigenvalue weighted by atomic mass is 9.92. The number of carbonyl (C=O) groups excluding carboxylic acids is 4. The van der Waals surface area contributed by atoms with Gasteiger partial charge in [0.15, 0.2) is 0 Å². The van der Waals surface area contributed by atoms with Gasteiger partial charge in [0.05, 0.1) is 52.8 Å². The second-order valence-corrected chi connectivity index (χ2v) is 15.5. The third-order valence-electron chi connectivity index (χ3n) is 10.6. The fourth-order valence-electron chi connectivity index (χ4n) is 7.26. The van der Waals surface area contributed by atoms with Crippen molar-refractivity contribution in [3.05, 3.63) is 192 Å². The highest BCUT2D eigenvalue weighted by Gasteiger charge is 2.48. The van der Waals surface area contributed by atoms with Crippen LogP contribution < -0.4 is 16.0 Å². The summed E-state index contributed by atoms with van der Waals surface area (Å²) in [6.07, 6.45) is 0.286. The molecule has 0 saturated carbocycles. The third-order valence-corrected chi connectivity index (χ3v) is 10.6. The SMILES string of the molecule is COC(=O)CNC(=O)CNC(=O)[C@H](Cc1ccccc1)NC(=O)/C=C/C[C@H]1O[C@H](COCc2ccccc2)[C@H](OCc2ccccc2)[C@H](OCc2ccccc2)[C@H]1OCc1ccccc1. The molecule has 0 bridgehead atoms. The standard InChI is InChI=1S/C52H57N3O10/c1-60-48(58)32-53-47(57)31-54-52(59)43(30-38-18-7-2-8-19-38)55-46(56)29-17-28-44-49(62-34-40-22-11-4-12-23-40)51(64-36-42-26-15-6-16-27-42)50(63-35-41-24-13-5-14-25-41)45(65-44)37-61-33-39-20-9-3-10-21-39/h2-27,29,43-45,49-51H,28,30-37H2,1H3,(H,53,57)(H,54,59)(H,55,56)/b29-17+/t43-,44+,45+,49-,50-,51+/m0/s1. The molecule has 340 valence electrons. The molecule has 13 nitrogen and oxygen atoms in total. The lowest BCUT2D eigenvalue weighted by Crippen LogP contribution is -2.61. The number of benzene rings is 5. The molecule has 1 aliphatic heterocycles. The first-order chi connectivity index (χ1) is 31.8. The Morgan fingerprint density at radius 2 is 1.03 bits per heavy atom. The Kier molecular flexibility index (Phi) is 19.4. The van der Waals surface area contributed by atoms with Crippen LogP contribution >= 0.6 is 0 Å². The molecule has 0 unspecified atom stereocenters. The van der Waals surface area contributed by atoms with Crippen molar-refractivity contribution >= 4 is 23.7 Å². The van der Waals surface area contributed by atoms with Crippen molar-refractivity contribution in [1.82, 2.24) is 16.0 Å². The Balaban J connectivity index is 1.23. The average Bonchev–Trinajstić information content (AvgIpc) is 3.34. The summed E-state index contributed by atoms with van der Waals surface area (Å²) >= 11 is 0. The molecule has 5 aromatic carbocycles.